The van der Waals surface area contributed by atoms with Crippen molar-refractivity contribution < 1.29 is 19.8 Å². The highest BCUT2D eigenvalue weighted by molar-refractivity contribution is 8.26. The van der Waals surface area contributed by atoms with E-state index in [2.05, 4.69) is 10.4 Å². The van der Waals surface area contributed by atoms with Crippen LogP contribution in [-0.2, 0) is 4.79 Å². The number of hydrogen-bond donors (Lipinski definition) is 3. The van der Waals surface area contributed by atoms with Crippen LogP contribution >= 0.6 is 24.0 Å². The van der Waals surface area contributed by atoms with Gasteiger partial charge in [-0.25, -0.2) is 0 Å². The molecule has 0 spiro atoms. The number of thiocarbonyl (C=S) groups is 1. The number of nitrogens with zero attached hydrogens (tertiary/aromatic N) is 2. The highest BCUT2D eigenvalue weighted by atomic mass is 32.2. The molecule has 3 N–H and O–H groups in total. The van der Waals surface area contributed by atoms with E-state index in [-0.39, 0.29) is 20.7 Å². The molecule has 9 heteroatoms. The van der Waals surface area contributed by atoms with Crippen LogP contribution in [0.5, 0.6) is 11.5 Å². The number of carbonyl (C=O) groups excluding carboxylic acids is 2. The number of phenolic OH excluding ortho intramolecular Hbond substituents is 2. The van der Waals surface area contributed by atoms with Crippen molar-refractivity contribution in [3.8, 4) is 11.5 Å². The van der Waals surface area contributed by atoms with E-state index in [4.69, 9.17) is 12.2 Å². The number of nitrogens with one attached hydrogen (secondary N) is 1. The van der Waals surface area contributed by atoms with Gasteiger partial charge in [-0.05, 0) is 48.1 Å². The van der Waals surface area contributed by atoms with Crippen LogP contribution in [0.1, 0.15) is 15.9 Å². The molecule has 0 atom stereocenters. The van der Waals surface area contributed by atoms with E-state index in [1.807, 2.05) is 0 Å². The molecule has 1 aliphatic rings. The molecule has 25 heavy (non-hydrogen) atoms. The van der Waals surface area contributed by atoms with Gasteiger partial charge < -0.3 is 10.2 Å². The summed E-state index contributed by atoms with van der Waals surface area (Å²) in [6, 6.07) is 7.20. The van der Waals surface area contributed by atoms with E-state index in [1.165, 1.54) is 48.8 Å². The van der Waals surface area contributed by atoms with Crippen molar-refractivity contribution in [2.45, 2.75) is 0 Å². The summed E-state index contributed by atoms with van der Waals surface area (Å²) in [6.45, 7) is 0. The summed E-state index contributed by atoms with van der Waals surface area (Å²) in [7, 11) is 0. The Bertz CT molecular complexity index is 900. The second-order valence-corrected chi connectivity index (χ2v) is 6.62. The fraction of sp³-hybridized carbons (Fsp3) is 0. The maximum Gasteiger partial charge on any atom is 0.285 e. The number of hydrazine groups is 1. The number of carbonyl (C=O) groups is 2. The Hall–Kier alpha value is -2.91. The minimum absolute atomic E-state index is 0.182. The normalized spacial score (nSPS) is 15.7. The van der Waals surface area contributed by atoms with Gasteiger partial charge in [0, 0.05) is 18.0 Å². The summed E-state index contributed by atoms with van der Waals surface area (Å²) in [5.41, 5.74) is 3.31. The van der Waals surface area contributed by atoms with Crippen LogP contribution in [0.4, 0.5) is 0 Å². The van der Waals surface area contributed by atoms with Crippen LogP contribution in [0, 0.1) is 0 Å². The quantitative estimate of drug-likeness (QED) is 0.430. The Kier molecular flexibility index (Phi) is 4.68. The van der Waals surface area contributed by atoms with E-state index in [1.54, 1.807) is 0 Å². The van der Waals surface area contributed by atoms with Crippen LogP contribution < -0.4 is 5.43 Å². The van der Waals surface area contributed by atoms with Crippen molar-refractivity contribution in [3.63, 3.8) is 0 Å². The lowest BCUT2D eigenvalue weighted by atomic mass is 10.2. The topological polar surface area (TPSA) is 103 Å². The fourth-order valence-electron chi connectivity index (χ4n) is 2.02. The Balaban J connectivity index is 1.79. The first-order valence-corrected chi connectivity index (χ1v) is 8.19. The molecule has 126 valence electrons. The maximum atomic E-state index is 12.4. The summed E-state index contributed by atoms with van der Waals surface area (Å²) in [5, 5.41) is 19.8. The summed E-state index contributed by atoms with van der Waals surface area (Å²) >= 11 is 6.16. The lowest BCUT2D eigenvalue weighted by molar-refractivity contribution is -0.123. The van der Waals surface area contributed by atoms with Crippen molar-refractivity contribution in [2.24, 2.45) is 0 Å². The number of pyridine rings is 1. The number of aromatic nitrogens is 1. The van der Waals surface area contributed by atoms with Crippen molar-refractivity contribution in [1.82, 2.24) is 15.4 Å². The molecule has 2 amide bonds. The van der Waals surface area contributed by atoms with Crippen LogP contribution in [0.15, 0.2) is 47.6 Å². The first-order chi connectivity index (χ1) is 12.0. The zero-order chi connectivity index (χ0) is 18.0. The van der Waals surface area contributed by atoms with Crippen LogP contribution in [-0.4, -0.2) is 36.3 Å². The van der Waals surface area contributed by atoms with Crippen LogP contribution in [0.2, 0.25) is 0 Å². The van der Waals surface area contributed by atoms with Gasteiger partial charge in [-0.1, -0.05) is 17.8 Å². The number of amides is 2. The number of thioether (sulfide) groups is 1. The average molecular weight is 373 g/mol. The fourth-order valence-corrected chi connectivity index (χ4v) is 3.19. The molecule has 1 aromatic heterocycles. The van der Waals surface area contributed by atoms with Gasteiger partial charge in [-0.15, -0.1) is 0 Å². The first kappa shape index (κ1) is 16.9. The molecule has 0 radical (unpaired) electrons. The third-order valence-electron chi connectivity index (χ3n) is 3.25. The summed E-state index contributed by atoms with van der Waals surface area (Å²) in [4.78, 5) is 28.7. The second kappa shape index (κ2) is 6.91. The van der Waals surface area contributed by atoms with Gasteiger partial charge in [-0.3, -0.25) is 20.0 Å². The van der Waals surface area contributed by atoms with Gasteiger partial charge in [0.2, 0.25) is 0 Å². The average Bonchev–Trinajstić information content (AvgIpc) is 2.86. The molecule has 0 aliphatic carbocycles. The smallest absolute Gasteiger partial charge is 0.285 e. The first-order valence-electron chi connectivity index (χ1n) is 6.96. The summed E-state index contributed by atoms with van der Waals surface area (Å²) in [5.74, 6) is -1.52. The SMILES string of the molecule is O=C(NN1C(=O)/C(=C\c2ccc(O)c(O)c2)SC1=S)c1ccncc1. The van der Waals surface area contributed by atoms with E-state index >= 15 is 0 Å². The molecule has 2 heterocycles. The Morgan fingerprint density at radius 1 is 1.20 bits per heavy atom. The van der Waals surface area contributed by atoms with Gasteiger partial charge in [0.15, 0.2) is 15.8 Å². The molecule has 1 aliphatic heterocycles. The number of hydrogen-bond acceptors (Lipinski definition) is 7. The van der Waals surface area contributed by atoms with Crippen LogP contribution in [0.25, 0.3) is 6.08 Å². The molecule has 0 bridgehead atoms. The molecule has 2 aromatic rings. The monoisotopic (exact) mass is 373 g/mol. The standard InChI is InChI=1S/C16H11N3O4S2/c20-11-2-1-9(7-12(11)21)8-13-15(23)19(16(24)25-13)18-14(22)10-3-5-17-6-4-10/h1-8,20-21H,(H,18,22)/b13-8+. The molecule has 1 aromatic carbocycles. The van der Waals surface area contributed by atoms with Gasteiger partial charge in [-0.2, -0.15) is 5.01 Å². The maximum absolute atomic E-state index is 12.4. The molecular weight excluding hydrogens is 362 g/mol. The molecule has 1 saturated heterocycles. The lowest BCUT2D eigenvalue weighted by Crippen LogP contribution is -2.44. The van der Waals surface area contributed by atoms with Crippen molar-refractivity contribution in [3.05, 3.63) is 58.8 Å². The van der Waals surface area contributed by atoms with Gasteiger partial charge >= 0.3 is 0 Å². The van der Waals surface area contributed by atoms with Gasteiger partial charge in [0.05, 0.1) is 4.91 Å². The van der Waals surface area contributed by atoms with E-state index in [0.717, 1.165) is 16.8 Å². The molecule has 0 unspecified atom stereocenters. The highest BCUT2D eigenvalue weighted by Crippen LogP contribution is 2.33. The van der Waals surface area contributed by atoms with Crippen LogP contribution in [0.3, 0.4) is 0 Å². The number of phenols is 2. The van der Waals surface area contributed by atoms with Crippen molar-refractivity contribution >= 4 is 46.2 Å². The van der Waals surface area contributed by atoms with E-state index < -0.39 is 11.8 Å². The van der Waals surface area contributed by atoms with Gasteiger partial charge in [0.1, 0.15) is 0 Å². The minimum atomic E-state index is -0.484. The lowest BCUT2D eigenvalue weighted by Gasteiger charge is -2.15. The third kappa shape index (κ3) is 3.62. The van der Waals surface area contributed by atoms with E-state index in [0.29, 0.717) is 11.1 Å². The molecule has 7 nitrogen and oxygen atoms in total. The highest BCUT2D eigenvalue weighted by Gasteiger charge is 2.33. The molecule has 3 rings (SSSR count). The zero-order valence-electron chi connectivity index (χ0n) is 12.5. The van der Waals surface area contributed by atoms with Gasteiger partial charge in [0.25, 0.3) is 11.8 Å². The van der Waals surface area contributed by atoms with E-state index in [9.17, 15) is 19.8 Å². The summed E-state index contributed by atoms with van der Waals surface area (Å²) < 4.78 is 0.182. The molecule has 0 saturated carbocycles. The second-order valence-electron chi connectivity index (χ2n) is 4.94. The third-order valence-corrected chi connectivity index (χ3v) is 4.55. The van der Waals surface area contributed by atoms with Crippen molar-refractivity contribution in [1.29, 1.82) is 0 Å². The number of benzene rings is 1. The van der Waals surface area contributed by atoms with Crippen molar-refractivity contribution in [2.75, 3.05) is 0 Å². The summed E-state index contributed by atoms with van der Waals surface area (Å²) in [6.07, 6.45) is 4.45. The largest absolute Gasteiger partial charge is 0.504 e. The molecular formula is C16H11N3O4S2. The molecule has 1 fully saturated rings. The predicted octanol–water partition coefficient (Wildman–Crippen LogP) is 2.04. The zero-order valence-corrected chi connectivity index (χ0v) is 14.2. The minimum Gasteiger partial charge on any atom is -0.504 e. The Morgan fingerprint density at radius 2 is 1.92 bits per heavy atom. The predicted molar refractivity (Wildman–Crippen MR) is 96.5 cm³/mol. The Morgan fingerprint density at radius 3 is 2.60 bits per heavy atom. The number of aromatic hydroxyl groups is 2. The number of rotatable bonds is 3. The Labute approximate surface area is 152 Å².